The number of nitrogens with zero attached hydrogens (tertiary/aromatic N) is 3. The van der Waals surface area contributed by atoms with Gasteiger partial charge in [-0.2, -0.15) is 0 Å². The van der Waals surface area contributed by atoms with Crippen LogP contribution in [0.2, 0.25) is 0 Å². The van der Waals surface area contributed by atoms with Crippen LogP contribution < -0.4 is 16.0 Å². The fourth-order valence-electron chi connectivity index (χ4n) is 3.34. The predicted molar refractivity (Wildman–Crippen MR) is 121 cm³/mol. The molecule has 4 aromatic rings. The lowest BCUT2D eigenvalue weighted by Crippen LogP contribution is -2.08. The Morgan fingerprint density at radius 1 is 0.931 bits per heavy atom. The van der Waals surface area contributed by atoms with E-state index in [0.29, 0.717) is 13.1 Å². The van der Waals surface area contributed by atoms with Crippen molar-refractivity contribution in [2.45, 2.75) is 13.1 Å². The molecule has 0 atom stereocenters. The number of hydrogen-bond acceptors (Lipinski definition) is 5. The van der Waals surface area contributed by atoms with Gasteiger partial charge in [-0.25, -0.2) is 4.98 Å². The molecule has 0 saturated carbocycles. The first kappa shape index (κ1) is 18.9. The molecule has 0 fully saturated rings. The summed E-state index contributed by atoms with van der Waals surface area (Å²) in [6, 6.07) is 22.7. The molecule has 0 spiro atoms. The van der Waals surface area contributed by atoms with Crippen LogP contribution in [0.3, 0.4) is 0 Å². The Hall–Kier alpha value is -3.44. The number of rotatable bonds is 6. The number of pyridine rings is 2. The fraction of sp³-hybridized carbons (Fsp3) is 0.167. The molecule has 2 aromatic heterocycles. The van der Waals surface area contributed by atoms with E-state index in [1.807, 2.05) is 50.6 Å². The molecule has 0 amide bonds. The van der Waals surface area contributed by atoms with Gasteiger partial charge in [0.25, 0.3) is 0 Å². The quantitative estimate of drug-likeness (QED) is 0.515. The number of anilines is 2. The summed E-state index contributed by atoms with van der Waals surface area (Å²) in [4.78, 5) is 11.6. The maximum Gasteiger partial charge on any atom is 0.136 e. The average Bonchev–Trinajstić information content (AvgIpc) is 2.77. The maximum atomic E-state index is 5.77. The second-order valence-corrected chi connectivity index (χ2v) is 7.25. The van der Waals surface area contributed by atoms with Crippen LogP contribution in [0.4, 0.5) is 11.5 Å². The molecule has 0 bridgehead atoms. The van der Waals surface area contributed by atoms with Gasteiger partial charge in [-0.1, -0.05) is 36.4 Å². The van der Waals surface area contributed by atoms with Crippen molar-refractivity contribution >= 4 is 22.4 Å². The standard InChI is InChI=1S/C24H25N5/c1-29(2)20-10-8-19(9-11-20)22-14-23-21(7-4-12-26-23)24(28-22)27-16-18-6-3-5-17(13-18)15-25/h3-14H,15-16,25H2,1-2H3,(H,27,28). The lowest BCUT2D eigenvalue weighted by Gasteiger charge is -2.14. The molecule has 5 nitrogen and oxygen atoms in total. The van der Waals surface area contributed by atoms with Crippen LogP contribution in [0.1, 0.15) is 11.1 Å². The molecule has 0 aliphatic heterocycles. The Morgan fingerprint density at radius 2 is 1.72 bits per heavy atom. The number of fused-ring (bicyclic) bond motifs is 1. The third-order valence-corrected chi connectivity index (χ3v) is 4.97. The van der Waals surface area contributed by atoms with Gasteiger partial charge < -0.3 is 16.0 Å². The summed E-state index contributed by atoms with van der Waals surface area (Å²) in [6.07, 6.45) is 1.82. The van der Waals surface area contributed by atoms with Gasteiger partial charge in [0.2, 0.25) is 0 Å². The smallest absolute Gasteiger partial charge is 0.136 e. The van der Waals surface area contributed by atoms with E-state index in [4.69, 9.17) is 10.7 Å². The lowest BCUT2D eigenvalue weighted by molar-refractivity contribution is 1.05. The zero-order valence-electron chi connectivity index (χ0n) is 16.8. The number of benzene rings is 2. The second kappa shape index (κ2) is 8.29. The van der Waals surface area contributed by atoms with Gasteiger partial charge in [0.15, 0.2) is 0 Å². The zero-order chi connectivity index (χ0) is 20.2. The molecule has 0 saturated heterocycles. The molecule has 0 radical (unpaired) electrons. The van der Waals surface area contributed by atoms with E-state index in [1.165, 1.54) is 5.56 Å². The summed E-state index contributed by atoms with van der Waals surface area (Å²) in [5.41, 5.74) is 12.1. The number of nitrogens with one attached hydrogen (secondary N) is 1. The summed E-state index contributed by atoms with van der Waals surface area (Å²) in [7, 11) is 4.07. The minimum absolute atomic E-state index is 0.539. The zero-order valence-corrected chi connectivity index (χ0v) is 16.8. The van der Waals surface area contributed by atoms with Crippen molar-refractivity contribution in [1.29, 1.82) is 0 Å². The van der Waals surface area contributed by atoms with Gasteiger partial charge in [-0.05, 0) is 41.5 Å². The number of aromatic nitrogens is 2. The van der Waals surface area contributed by atoms with E-state index in [9.17, 15) is 0 Å². The Bertz CT molecular complexity index is 1120. The van der Waals surface area contributed by atoms with Crippen molar-refractivity contribution in [3.63, 3.8) is 0 Å². The van der Waals surface area contributed by atoms with Crippen LogP contribution in [0, 0.1) is 0 Å². The highest BCUT2D eigenvalue weighted by molar-refractivity contribution is 5.92. The summed E-state index contributed by atoms with van der Waals surface area (Å²) >= 11 is 0. The minimum Gasteiger partial charge on any atom is -0.378 e. The van der Waals surface area contributed by atoms with Gasteiger partial charge in [0.05, 0.1) is 11.2 Å². The summed E-state index contributed by atoms with van der Waals surface area (Å²) < 4.78 is 0. The Morgan fingerprint density at radius 3 is 2.48 bits per heavy atom. The molecule has 0 aliphatic carbocycles. The molecule has 5 heteroatoms. The largest absolute Gasteiger partial charge is 0.378 e. The first-order chi connectivity index (χ1) is 14.1. The highest BCUT2D eigenvalue weighted by Crippen LogP contribution is 2.28. The van der Waals surface area contributed by atoms with E-state index in [2.05, 4.69) is 51.6 Å². The molecule has 0 aliphatic rings. The van der Waals surface area contributed by atoms with E-state index < -0.39 is 0 Å². The first-order valence-electron chi connectivity index (χ1n) is 9.69. The van der Waals surface area contributed by atoms with Crippen molar-refractivity contribution in [3.8, 4) is 11.3 Å². The molecule has 2 heterocycles. The molecule has 29 heavy (non-hydrogen) atoms. The van der Waals surface area contributed by atoms with Crippen LogP contribution in [-0.4, -0.2) is 24.1 Å². The van der Waals surface area contributed by atoms with E-state index in [0.717, 1.165) is 39.2 Å². The van der Waals surface area contributed by atoms with Crippen molar-refractivity contribution in [2.75, 3.05) is 24.3 Å². The first-order valence-corrected chi connectivity index (χ1v) is 9.69. The predicted octanol–water partition coefficient (Wildman–Crippen LogP) is 4.43. The monoisotopic (exact) mass is 383 g/mol. The van der Waals surface area contributed by atoms with E-state index in [-0.39, 0.29) is 0 Å². The summed E-state index contributed by atoms with van der Waals surface area (Å²) in [6.45, 7) is 1.21. The number of hydrogen-bond donors (Lipinski definition) is 2. The normalized spacial score (nSPS) is 10.9. The molecule has 3 N–H and O–H groups in total. The van der Waals surface area contributed by atoms with Crippen molar-refractivity contribution in [3.05, 3.63) is 84.1 Å². The Kier molecular flexibility index (Phi) is 5.40. The van der Waals surface area contributed by atoms with Gasteiger partial charge >= 0.3 is 0 Å². The second-order valence-electron chi connectivity index (χ2n) is 7.25. The summed E-state index contributed by atoms with van der Waals surface area (Å²) in [5, 5.41) is 4.51. The van der Waals surface area contributed by atoms with Crippen LogP contribution in [-0.2, 0) is 13.1 Å². The van der Waals surface area contributed by atoms with Crippen LogP contribution in [0.5, 0.6) is 0 Å². The van der Waals surface area contributed by atoms with E-state index in [1.54, 1.807) is 0 Å². The van der Waals surface area contributed by atoms with Gasteiger partial charge in [0, 0.05) is 50.0 Å². The molecular weight excluding hydrogens is 358 g/mol. The average molecular weight is 383 g/mol. The topological polar surface area (TPSA) is 67.1 Å². The molecule has 4 rings (SSSR count). The van der Waals surface area contributed by atoms with Crippen molar-refractivity contribution in [2.24, 2.45) is 5.73 Å². The van der Waals surface area contributed by atoms with Crippen molar-refractivity contribution < 1.29 is 0 Å². The number of nitrogens with two attached hydrogens (primary N) is 1. The van der Waals surface area contributed by atoms with Crippen LogP contribution in [0.15, 0.2) is 72.9 Å². The van der Waals surface area contributed by atoms with Gasteiger partial charge in [-0.3, -0.25) is 4.98 Å². The fourth-order valence-corrected chi connectivity index (χ4v) is 3.34. The molecule has 146 valence electrons. The van der Waals surface area contributed by atoms with Crippen molar-refractivity contribution in [1.82, 2.24) is 9.97 Å². The molecule has 2 aromatic carbocycles. The van der Waals surface area contributed by atoms with Crippen LogP contribution >= 0.6 is 0 Å². The summed E-state index contributed by atoms with van der Waals surface area (Å²) in [5.74, 6) is 0.834. The van der Waals surface area contributed by atoms with Gasteiger partial charge in [-0.15, -0.1) is 0 Å². The third-order valence-electron chi connectivity index (χ3n) is 4.97. The Balaban J connectivity index is 1.68. The van der Waals surface area contributed by atoms with E-state index >= 15 is 0 Å². The molecule has 0 unspecified atom stereocenters. The minimum atomic E-state index is 0.539. The highest BCUT2D eigenvalue weighted by atomic mass is 15.1. The van der Waals surface area contributed by atoms with Crippen LogP contribution in [0.25, 0.3) is 22.2 Å². The Labute approximate surface area is 171 Å². The molecular formula is C24H25N5. The third kappa shape index (κ3) is 4.20. The maximum absolute atomic E-state index is 5.77. The highest BCUT2D eigenvalue weighted by Gasteiger charge is 2.09. The van der Waals surface area contributed by atoms with Gasteiger partial charge in [0.1, 0.15) is 5.82 Å². The lowest BCUT2D eigenvalue weighted by atomic mass is 10.1. The SMILES string of the molecule is CN(C)c1ccc(-c2cc3ncccc3c(NCc3cccc(CN)c3)n2)cc1.